The van der Waals surface area contributed by atoms with Crippen molar-refractivity contribution in [3.05, 3.63) is 0 Å². The van der Waals surface area contributed by atoms with Gasteiger partial charge in [0.25, 0.3) is 0 Å². The summed E-state index contributed by atoms with van der Waals surface area (Å²) < 4.78 is 38.3. The maximum Gasteiger partial charge on any atom is 0.311 e. The highest BCUT2D eigenvalue weighted by atomic mass is 32.1. The first-order chi connectivity index (χ1) is 32.2. The van der Waals surface area contributed by atoms with E-state index in [0.29, 0.717) is 43.0 Å². The van der Waals surface area contributed by atoms with Crippen LogP contribution in [0, 0.1) is 40.9 Å². The largest absolute Gasteiger partial charge is 0.459 e. The number of hydrogen-bond donors (Lipinski definition) is 7. The quantitative estimate of drug-likeness (QED) is 0.0780. The molecule has 69 heavy (non-hydrogen) atoms. The van der Waals surface area contributed by atoms with Crippen LogP contribution in [0.25, 0.3) is 0 Å². The Morgan fingerprint density at radius 1 is 0.870 bits per heavy atom. The molecule has 3 aliphatic heterocycles. The predicted molar refractivity (Wildman–Crippen MR) is 267 cm³/mol. The van der Waals surface area contributed by atoms with Crippen molar-refractivity contribution in [3.8, 4) is 0 Å². The average molecular weight is 999 g/mol. The first-order valence-electron chi connectivity index (χ1n) is 26.5. The first kappa shape index (κ1) is 57.0. The van der Waals surface area contributed by atoms with Crippen molar-refractivity contribution < 1.29 is 58.7 Å². The highest BCUT2D eigenvalue weighted by molar-refractivity contribution is 7.80. The number of carbonyl (C=O) groups excluding carboxylic acids is 1. The Morgan fingerprint density at radius 3 is 2.07 bits per heavy atom. The van der Waals surface area contributed by atoms with Gasteiger partial charge >= 0.3 is 5.97 Å². The van der Waals surface area contributed by atoms with Crippen LogP contribution >= 0.6 is 12.2 Å². The minimum atomic E-state index is -1.86. The molecule has 17 heteroatoms. The summed E-state index contributed by atoms with van der Waals surface area (Å²) in [6.07, 6.45) is 0.232. The van der Waals surface area contributed by atoms with E-state index in [1.165, 1.54) is 52.6 Å². The van der Waals surface area contributed by atoms with Gasteiger partial charge in [-0.2, -0.15) is 0 Å². The van der Waals surface area contributed by atoms with E-state index in [0.717, 1.165) is 24.3 Å². The number of esters is 1. The smallest absolute Gasteiger partial charge is 0.311 e. The molecule has 7 rings (SSSR count). The van der Waals surface area contributed by atoms with Gasteiger partial charge in [0.2, 0.25) is 0 Å². The van der Waals surface area contributed by atoms with Crippen LogP contribution in [0.15, 0.2) is 0 Å². The lowest BCUT2D eigenvalue weighted by Gasteiger charge is -2.57. The zero-order valence-electron chi connectivity index (χ0n) is 44.4. The monoisotopic (exact) mass is 999 g/mol. The second-order valence-electron chi connectivity index (χ2n) is 24.1. The maximum atomic E-state index is 14.6. The molecule has 0 amide bonds. The average Bonchev–Trinajstić information content (AvgIpc) is 3.27. The zero-order valence-corrected chi connectivity index (χ0v) is 45.2. The SMILES string of the molecule is CC[C@H]1OC(=O)[C@H](C)[C@@H](O[C@H]2C[C@@](C)(OC)[C@@H](O)[C@H](C)O2)[C@H](C)[C@@H](O[C@@H]2O[C@H](C)C[C@H](N(C)C)[C@H]2O)[C@](C)(O)C[C@@H](C)CN(CCCNC(=S)NCC23CC4CC(CC(C4)C2)C3)[C@H](C)[C@@H](O)[C@]1(C)O. The molecule has 4 aliphatic carbocycles. The highest BCUT2D eigenvalue weighted by Crippen LogP contribution is 2.59. The molecule has 0 aromatic carbocycles. The predicted octanol–water partition coefficient (Wildman–Crippen LogP) is 4.34. The number of nitrogens with one attached hydrogen (secondary N) is 2. The summed E-state index contributed by atoms with van der Waals surface area (Å²) in [6, 6.07) is -0.893. The molecular formula is C52H94N4O12S. The lowest BCUT2D eigenvalue weighted by atomic mass is 9.49. The molecule has 3 saturated heterocycles. The van der Waals surface area contributed by atoms with E-state index in [1.54, 1.807) is 34.6 Å². The first-order valence-corrected chi connectivity index (χ1v) is 26.9. The van der Waals surface area contributed by atoms with Crippen LogP contribution in [-0.2, 0) is 33.2 Å². The number of aliphatic hydroxyl groups is 5. The molecule has 400 valence electrons. The Morgan fingerprint density at radius 2 is 1.49 bits per heavy atom. The van der Waals surface area contributed by atoms with Crippen LogP contribution in [0.1, 0.15) is 140 Å². The fraction of sp³-hybridized carbons (Fsp3) is 0.962. The van der Waals surface area contributed by atoms with Crippen molar-refractivity contribution in [2.45, 2.75) is 230 Å². The number of likely N-dealkylation sites (N-methyl/N-ethyl adjacent to an activating group) is 1. The molecule has 7 N–H and O–H groups in total. The summed E-state index contributed by atoms with van der Waals surface area (Å²) in [5.41, 5.74) is -4.16. The Labute approximate surface area is 419 Å². The molecule has 0 spiro atoms. The molecule has 0 aromatic rings. The topological polar surface area (TPSA) is 204 Å². The Balaban J connectivity index is 1.26. The number of hydrogen-bond acceptors (Lipinski definition) is 15. The van der Waals surface area contributed by atoms with Crippen molar-refractivity contribution in [2.75, 3.05) is 47.4 Å². The molecule has 18 atom stereocenters. The molecule has 0 unspecified atom stereocenters. The van der Waals surface area contributed by atoms with Crippen molar-refractivity contribution >= 4 is 23.3 Å². The van der Waals surface area contributed by atoms with Crippen LogP contribution in [0.2, 0.25) is 0 Å². The summed E-state index contributed by atoms with van der Waals surface area (Å²) in [4.78, 5) is 18.7. The van der Waals surface area contributed by atoms with Crippen molar-refractivity contribution in [2.24, 2.45) is 40.9 Å². The van der Waals surface area contributed by atoms with E-state index in [-0.39, 0.29) is 37.3 Å². The van der Waals surface area contributed by atoms with E-state index < -0.39 is 96.0 Å². The van der Waals surface area contributed by atoms with Crippen LogP contribution in [0.4, 0.5) is 0 Å². The fourth-order valence-electron chi connectivity index (χ4n) is 14.2. The normalized spacial score (nSPS) is 48.1. The Kier molecular flexibility index (Phi) is 19.0. The van der Waals surface area contributed by atoms with Gasteiger partial charge in [0.1, 0.15) is 30.0 Å². The summed E-state index contributed by atoms with van der Waals surface area (Å²) in [7, 11) is 5.32. The summed E-state index contributed by atoms with van der Waals surface area (Å²) in [5, 5.41) is 67.9. The minimum absolute atomic E-state index is 0.122. The second kappa shape index (κ2) is 23.1. The number of aliphatic hydroxyl groups excluding tert-OH is 3. The maximum absolute atomic E-state index is 14.6. The van der Waals surface area contributed by atoms with Crippen LogP contribution in [0.5, 0.6) is 0 Å². The van der Waals surface area contributed by atoms with Gasteiger partial charge in [-0.25, -0.2) is 0 Å². The molecule has 4 saturated carbocycles. The standard InChI is InChI=1S/C52H94N4O12S/c1-14-39-51(10,62)43(58)33(6)56(17-15-16-53-48(69)54-28-52-23-35-19-36(24-52)21-37(20-35)25-52)27-29(2)22-49(8,61)45(68-47-41(57)38(55(11)12)18-30(3)64-47)31(4)42(32(5)46(60)66-39)67-40-26-50(9,63-13)44(59)34(7)65-40/h29-45,47,57-59,61-62H,14-28H2,1-13H3,(H2,53,54,69)/t29-,30-,31+,32-,33-,34+,35?,36?,37?,38+,39-,40+,41-,42+,43-,44+,45-,47+,49-,50-,51-,52?/m1/s1. The van der Waals surface area contributed by atoms with E-state index >= 15 is 0 Å². The van der Waals surface area contributed by atoms with Gasteiger partial charge in [0, 0.05) is 57.7 Å². The van der Waals surface area contributed by atoms with Crippen molar-refractivity contribution in [3.63, 3.8) is 0 Å². The Hall–Kier alpha value is -1.32. The number of ether oxygens (including phenoxy) is 6. The number of cyclic esters (lactones) is 1. The molecule has 7 aliphatic rings. The third-order valence-electron chi connectivity index (χ3n) is 17.7. The number of carbonyl (C=O) groups is 1. The van der Waals surface area contributed by atoms with Gasteiger partial charge in [-0.15, -0.1) is 0 Å². The lowest BCUT2D eigenvalue weighted by molar-refractivity contribution is -0.318. The molecular weight excluding hydrogens is 905 g/mol. The van der Waals surface area contributed by atoms with E-state index in [4.69, 9.17) is 40.6 Å². The Bertz CT molecular complexity index is 1660. The van der Waals surface area contributed by atoms with Gasteiger partial charge in [0.15, 0.2) is 17.7 Å². The number of nitrogens with zero attached hydrogens (tertiary/aromatic N) is 2. The van der Waals surface area contributed by atoms with Gasteiger partial charge in [-0.05, 0) is 168 Å². The minimum Gasteiger partial charge on any atom is -0.459 e. The van der Waals surface area contributed by atoms with Crippen LogP contribution in [0.3, 0.4) is 0 Å². The van der Waals surface area contributed by atoms with Crippen molar-refractivity contribution in [1.29, 1.82) is 0 Å². The highest BCUT2D eigenvalue weighted by Gasteiger charge is 2.54. The summed E-state index contributed by atoms with van der Waals surface area (Å²) >= 11 is 5.82. The molecule has 3 heterocycles. The molecule has 0 aromatic heterocycles. The van der Waals surface area contributed by atoms with Crippen LogP contribution < -0.4 is 10.6 Å². The van der Waals surface area contributed by atoms with Gasteiger partial charge in [0.05, 0.1) is 41.5 Å². The molecule has 0 radical (unpaired) electrons. The van der Waals surface area contributed by atoms with E-state index in [2.05, 4.69) is 15.5 Å². The fourth-order valence-corrected chi connectivity index (χ4v) is 14.4. The number of thiocarbonyl (C=S) groups is 1. The van der Waals surface area contributed by atoms with Gasteiger partial charge in [-0.3, -0.25) is 9.69 Å². The number of methoxy groups -OCH3 is 1. The third-order valence-corrected chi connectivity index (χ3v) is 18.0. The molecule has 16 nitrogen and oxygen atoms in total. The van der Waals surface area contributed by atoms with Crippen LogP contribution in [-0.4, -0.2) is 184 Å². The molecule has 4 bridgehead atoms. The lowest BCUT2D eigenvalue weighted by Crippen LogP contribution is -2.60. The van der Waals surface area contributed by atoms with Gasteiger partial charge in [-0.1, -0.05) is 20.8 Å². The third kappa shape index (κ3) is 13.1. The van der Waals surface area contributed by atoms with Crippen molar-refractivity contribution in [1.82, 2.24) is 20.4 Å². The van der Waals surface area contributed by atoms with Gasteiger partial charge < -0.3 is 69.5 Å². The zero-order chi connectivity index (χ0) is 51.0. The molecule has 7 fully saturated rings. The summed E-state index contributed by atoms with van der Waals surface area (Å²) in [5.74, 6) is -0.104. The number of rotatable bonds is 13. The van der Waals surface area contributed by atoms with E-state index in [1.807, 2.05) is 46.7 Å². The second-order valence-corrected chi connectivity index (χ2v) is 24.5. The van der Waals surface area contributed by atoms with E-state index in [9.17, 15) is 30.3 Å². The summed E-state index contributed by atoms with van der Waals surface area (Å²) in [6.45, 7) is 20.4.